The third-order valence-corrected chi connectivity index (χ3v) is 3.79. The summed E-state index contributed by atoms with van der Waals surface area (Å²) in [6, 6.07) is 0. The number of aliphatic hydroxyl groups excluding tert-OH is 1. The van der Waals surface area contributed by atoms with Crippen LogP contribution in [-0.2, 0) is 0 Å². The number of aliphatic hydroxyl groups is 1. The van der Waals surface area contributed by atoms with E-state index >= 15 is 0 Å². The third-order valence-electron chi connectivity index (χ3n) is 2.19. The van der Waals surface area contributed by atoms with E-state index in [-0.39, 0.29) is 0 Å². The van der Waals surface area contributed by atoms with Gasteiger partial charge in [-0.2, -0.15) is 11.8 Å². The van der Waals surface area contributed by atoms with Gasteiger partial charge in [-0.15, -0.1) is 0 Å². The molecule has 10 heavy (non-hydrogen) atoms. The van der Waals surface area contributed by atoms with Crippen molar-refractivity contribution in [2.75, 3.05) is 12.4 Å². The van der Waals surface area contributed by atoms with E-state index in [1.807, 2.05) is 0 Å². The van der Waals surface area contributed by atoms with Crippen molar-refractivity contribution in [2.24, 2.45) is 5.92 Å². The van der Waals surface area contributed by atoms with Crippen LogP contribution in [0.5, 0.6) is 0 Å². The van der Waals surface area contributed by atoms with Gasteiger partial charge < -0.3 is 5.11 Å². The van der Waals surface area contributed by atoms with E-state index in [0.717, 1.165) is 17.6 Å². The molecule has 1 aliphatic heterocycles. The zero-order chi connectivity index (χ0) is 7.40. The van der Waals surface area contributed by atoms with E-state index in [0.29, 0.717) is 6.61 Å². The molecule has 0 aromatic rings. The smallest absolute Gasteiger partial charge is 0.0431 e. The van der Waals surface area contributed by atoms with Crippen LogP contribution < -0.4 is 0 Å². The molecule has 1 N–H and O–H groups in total. The van der Waals surface area contributed by atoms with Crippen molar-refractivity contribution in [1.29, 1.82) is 0 Å². The van der Waals surface area contributed by atoms with Crippen molar-refractivity contribution < 1.29 is 5.11 Å². The molecule has 2 unspecified atom stereocenters. The SMILES string of the molecule is CC(CCCO)C1CCS1. The summed E-state index contributed by atoms with van der Waals surface area (Å²) >= 11 is 2.08. The Morgan fingerprint density at radius 2 is 2.40 bits per heavy atom. The Morgan fingerprint density at radius 1 is 1.70 bits per heavy atom. The topological polar surface area (TPSA) is 20.2 Å². The average Bonchev–Trinajstić information content (AvgIpc) is 1.79. The Labute approximate surface area is 67.2 Å². The molecule has 2 atom stereocenters. The third kappa shape index (κ3) is 2.17. The summed E-state index contributed by atoms with van der Waals surface area (Å²) in [5, 5.41) is 9.49. The lowest BCUT2D eigenvalue weighted by atomic mass is 9.99. The first kappa shape index (κ1) is 8.41. The fourth-order valence-corrected chi connectivity index (χ4v) is 2.27. The summed E-state index contributed by atoms with van der Waals surface area (Å²) in [7, 11) is 0. The van der Waals surface area contributed by atoms with Crippen LogP contribution in [0.4, 0.5) is 0 Å². The van der Waals surface area contributed by atoms with Gasteiger partial charge >= 0.3 is 0 Å². The number of thioether (sulfide) groups is 1. The molecule has 0 aromatic heterocycles. The average molecular weight is 160 g/mol. The van der Waals surface area contributed by atoms with Crippen molar-refractivity contribution in [3.8, 4) is 0 Å². The van der Waals surface area contributed by atoms with Crippen LogP contribution in [-0.4, -0.2) is 22.7 Å². The van der Waals surface area contributed by atoms with Gasteiger partial charge in [-0.25, -0.2) is 0 Å². The highest BCUT2D eigenvalue weighted by Crippen LogP contribution is 2.35. The minimum Gasteiger partial charge on any atom is -0.396 e. The normalized spacial score (nSPS) is 27.6. The Bertz CT molecular complexity index is 91.3. The summed E-state index contributed by atoms with van der Waals surface area (Å²) in [6.07, 6.45) is 3.59. The predicted octanol–water partition coefficient (Wildman–Crippen LogP) is 1.90. The van der Waals surface area contributed by atoms with Gasteiger partial charge in [0, 0.05) is 11.9 Å². The zero-order valence-corrected chi connectivity index (χ0v) is 7.36. The minimum absolute atomic E-state index is 0.363. The van der Waals surface area contributed by atoms with Crippen molar-refractivity contribution in [3.05, 3.63) is 0 Å². The highest BCUT2D eigenvalue weighted by Gasteiger charge is 2.23. The second-order valence-corrected chi connectivity index (χ2v) is 4.39. The van der Waals surface area contributed by atoms with E-state index in [9.17, 15) is 0 Å². The first-order valence-corrected chi connectivity index (χ1v) is 5.12. The molecule has 0 bridgehead atoms. The Kier molecular flexibility index (Phi) is 3.57. The van der Waals surface area contributed by atoms with Crippen LogP contribution in [0.15, 0.2) is 0 Å². The summed E-state index contributed by atoms with van der Waals surface area (Å²) < 4.78 is 0. The van der Waals surface area contributed by atoms with Gasteiger partial charge in [0.15, 0.2) is 0 Å². The van der Waals surface area contributed by atoms with Crippen LogP contribution >= 0.6 is 11.8 Å². The molecule has 1 nitrogen and oxygen atoms in total. The van der Waals surface area contributed by atoms with Crippen LogP contribution in [0.2, 0.25) is 0 Å². The van der Waals surface area contributed by atoms with Gasteiger partial charge in [0.05, 0.1) is 0 Å². The molecule has 0 aromatic carbocycles. The summed E-state index contributed by atoms with van der Waals surface area (Å²) in [4.78, 5) is 0. The van der Waals surface area contributed by atoms with Gasteiger partial charge in [0.25, 0.3) is 0 Å². The highest BCUT2D eigenvalue weighted by molar-refractivity contribution is 8.01. The minimum atomic E-state index is 0.363. The molecule has 1 fully saturated rings. The van der Waals surface area contributed by atoms with Crippen molar-refractivity contribution in [3.63, 3.8) is 0 Å². The Hall–Kier alpha value is 0.310. The lowest BCUT2D eigenvalue weighted by Crippen LogP contribution is -2.23. The molecule has 2 heteroatoms. The zero-order valence-electron chi connectivity index (χ0n) is 6.55. The van der Waals surface area contributed by atoms with Gasteiger partial charge in [-0.3, -0.25) is 0 Å². The van der Waals surface area contributed by atoms with Crippen LogP contribution in [0.1, 0.15) is 26.2 Å². The van der Waals surface area contributed by atoms with Crippen LogP contribution in [0, 0.1) is 5.92 Å². The fourth-order valence-electron chi connectivity index (χ4n) is 1.30. The van der Waals surface area contributed by atoms with Crippen LogP contribution in [0.3, 0.4) is 0 Å². The molecular weight excluding hydrogens is 144 g/mol. The standard InChI is InChI=1S/C8H16OS/c1-7(3-2-5-9)8-4-6-10-8/h7-9H,2-6H2,1H3. The van der Waals surface area contributed by atoms with E-state index in [1.165, 1.54) is 18.6 Å². The maximum Gasteiger partial charge on any atom is 0.0431 e. The van der Waals surface area contributed by atoms with E-state index in [2.05, 4.69) is 18.7 Å². The van der Waals surface area contributed by atoms with Gasteiger partial charge in [-0.1, -0.05) is 6.92 Å². The van der Waals surface area contributed by atoms with Crippen molar-refractivity contribution >= 4 is 11.8 Å². The lowest BCUT2D eigenvalue weighted by molar-refractivity contribution is 0.272. The molecule has 0 radical (unpaired) electrons. The predicted molar refractivity (Wildman–Crippen MR) is 46.3 cm³/mol. The lowest BCUT2D eigenvalue weighted by Gasteiger charge is -2.30. The van der Waals surface area contributed by atoms with Gasteiger partial charge in [-0.05, 0) is 30.9 Å². The molecule has 1 aliphatic rings. The number of rotatable bonds is 4. The molecule has 0 aliphatic carbocycles. The molecule has 1 saturated heterocycles. The Morgan fingerprint density at radius 3 is 2.80 bits per heavy atom. The van der Waals surface area contributed by atoms with Crippen LogP contribution in [0.25, 0.3) is 0 Å². The van der Waals surface area contributed by atoms with E-state index in [1.54, 1.807) is 0 Å². The first-order valence-electron chi connectivity index (χ1n) is 4.07. The quantitative estimate of drug-likeness (QED) is 0.678. The van der Waals surface area contributed by atoms with E-state index in [4.69, 9.17) is 5.11 Å². The molecule has 0 spiro atoms. The summed E-state index contributed by atoms with van der Waals surface area (Å²) in [5.74, 6) is 2.18. The second kappa shape index (κ2) is 4.24. The van der Waals surface area contributed by atoms with Gasteiger partial charge in [0.1, 0.15) is 0 Å². The van der Waals surface area contributed by atoms with E-state index < -0.39 is 0 Å². The molecule has 60 valence electrons. The molecule has 0 amide bonds. The molecular formula is C8H16OS. The highest BCUT2D eigenvalue weighted by atomic mass is 32.2. The maximum atomic E-state index is 8.58. The number of hydrogen-bond acceptors (Lipinski definition) is 2. The molecule has 1 rings (SSSR count). The largest absolute Gasteiger partial charge is 0.396 e. The summed E-state index contributed by atoms with van der Waals surface area (Å²) in [6.45, 7) is 2.66. The first-order chi connectivity index (χ1) is 4.84. The molecule has 1 heterocycles. The van der Waals surface area contributed by atoms with Gasteiger partial charge in [0.2, 0.25) is 0 Å². The van der Waals surface area contributed by atoms with Crippen molar-refractivity contribution in [2.45, 2.75) is 31.4 Å². The molecule has 0 saturated carbocycles. The monoisotopic (exact) mass is 160 g/mol. The number of hydrogen-bond donors (Lipinski definition) is 1. The second-order valence-electron chi connectivity index (χ2n) is 3.04. The summed E-state index contributed by atoms with van der Waals surface area (Å²) in [5.41, 5.74) is 0. The Balaban J connectivity index is 2.02. The fraction of sp³-hybridized carbons (Fsp3) is 1.00. The maximum absolute atomic E-state index is 8.58. The van der Waals surface area contributed by atoms with Crippen molar-refractivity contribution in [1.82, 2.24) is 0 Å².